The van der Waals surface area contributed by atoms with Crippen molar-refractivity contribution < 1.29 is 4.74 Å². The molecule has 148 valence electrons. The van der Waals surface area contributed by atoms with Gasteiger partial charge in [0, 0.05) is 12.8 Å². The number of nitrogens with zero attached hydrogens (tertiary/aromatic N) is 4. The monoisotopic (exact) mass is 426 g/mol. The molecule has 4 aromatic rings. The lowest BCUT2D eigenvalue weighted by Crippen LogP contribution is -2.21. The van der Waals surface area contributed by atoms with Crippen LogP contribution in [0.5, 0.6) is 5.75 Å². The molecule has 0 aliphatic rings. The molecule has 0 spiro atoms. The topological polar surface area (TPSA) is 61.9 Å². The predicted octanol–water partition coefficient (Wildman–Crippen LogP) is 4.46. The van der Waals surface area contributed by atoms with Crippen molar-refractivity contribution in [3.05, 3.63) is 75.8 Å². The molecule has 2 aromatic carbocycles. The summed E-state index contributed by atoms with van der Waals surface area (Å²) in [5.41, 5.74) is 2.11. The van der Waals surface area contributed by atoms with Crippen LogP contribution in [0.25, 0.3) is 16.6 Å². The predicted molar refractivity (Wildman–Crippen MR) is 116 cm³/mol. The van der Waals surface area contributed by atoms with Gasteiger partial charge in [0.15, 0.2) is 5.16 Å². The molecule has 0 aliphatic heterocycles. The van der Waals surface area contributed by atoms with E-state index in [2.05, 4.69) is 5.10 Å². The van der Waals surface area contributed by atoms with Crippen LogP contribution in [0, 0.1) is 0 Å². The van der Waals surface area contributed by atoms with Crippen LogP contribution in [0.3, 0.4) is 0 Å². The van der Waals surface area contributed by atoms with Gasteiger partial charge < -0.3 is 4.74 Å². The molecule has 0 radical (unpaired) electrons. The first-order chi connectivity index (χ1) is 14.1. The molecule has 0 amide bonds. The molecular weight excluding hydrogens is 408 g/mol. The van der Waals surface area contributed by atoms with E-state index in [-0.39, 0.29) is 5.56 Å². The standard InChI is InChI=1S/C21H19ClN4O2S/c1-3-28-16-10-8-15(9-11-16)26-20(27)17-6-4-5-7-18(17)23-21(26)29-13-14-12-19(22)25(2)24-14/h4-12H,3,13H2,1-2H3. The maximum atomic E-state index is 13.3. The highest BCUT2D eigenvalue weighted by atomic mass is 35.5. The number of fused-ring (bicyclic) bond motifs is 1. The third kappa shape index (κ3) is 4.02. The Morgan fingerprint density at radius 3 is 2.59 bits per heavy atom. The molecule has 0 atom stereocenters. The van der Waals surface area contributed by atoms with Gasteiger partial charge in [-0.05, 0) is 49.4 Å². The quantitative estimate of drug-likeness (QED) is 0.336. The minimum Gasteiger partial charge on any atom is -0.494 e. The molecule has 0 unspecified atom stereocenters. The van der Waals surface area contributed by atoms with Gasteiger partial charge in [-0.2, -0.15) is 5.10 Å². The van der Waals surface area contributed by atoms with Crippen molar-refractivity contribution in [2.45, 2.75) is 17.8 Å². The normalized spacial score (nSPS) is 11.1. The Balaban J connectivity index is 1.78. The molecule has 2 heterocycles. The highest BCUT2D eigenvalue weighted by Crippen LogP contribution is 2.26. The molecule has 4 rings (SSSR count). The van der Waals surface area contributed by atoms with Crippen molar-refractivity contribution in [3.63, 3.8) is 0 Å². The molecule has 0 bridgehead atoms. The molecule has 29 heavy (non-hydrogen) atoms. The molecule has 0 N–H and O–H groups in total. The first-order valence-electron chi connectivity index (χ1n) is 9.13. The van der Waals surface area contributed by atoms with Crippen LogP contribution in [0.4, 0.5) is 0 Å². The van der Waals surface area contributed by atoms with Crippen LogP contribution in [-0.2, 0) is 12.8 Å². The van der Waals surface area contributed by atoms with E-state index in [0.717, 1.165) is 17.1 Å². The lowest BCUT2D eigenvalue weighted by Gasteiger charge is -2.13. The SMILES string of the molecule is CCOc1ccc(-n2c(SCc3cc(Cl)n(C)n3)nc3ccccc3c2=O)cc1. The number of aromatic nitrogens is 4. The first-order valence-corrected chi connectivity index (χ1v) is 10.5. The van der Waals surface area contributed by atoms with Crippen LogP contribution in [0.15, 0.2) is 64.5 Å². The number of aryl methyl sites for hydroxylation is 1. The summed E-state index contributed by atoms with van der Waals surface area (Å²) in [4.78, 5) is 18.0. The van der Waals surface area contributed by atoms with Gasteiger partial charge in [0.2, 0.25) is 0 Å². The fraction of sp³-hybridized carbons (Fsp3) is 0.190. The maximum absolute atomic E-state index is 13.3. The van der Waals surface area contributed by atoms with E-state index in [1.54, 1.807) is 22.4 Å². The number of thioether (sulfide) groups is 1. The summed E-state index contributed by atoms with van der Waals surface area (Å²) in [5.74, 6) is 1.30. The fourth-order valence-corrected chi connectivity index (χ4v) is 4.07. The van der Waals surface area contributed by atoms with Gasteiger partial charge in [-0.1, -0.05) is 35.5 Å². The van der Waals surface area contributed by atoms with E-state index in [9.17, 15) is 4.79 Å². The second kappa shape index (κ2) is 8.31. The van der Waals surface area contributed by atoms with Crippen molar-refractivity contribution in [2.24, 2.45) is 7.05 Å². The van der Waals surface area contributed by atoms with Crippen LogP contribution < -0.4 is 10.3 Å². The van der Waals surface area contributed by atoms with Crippen molar-refractivity contribution in [2.75, 3.05) is 6.61 Å². The fourth-order valence-electron chi connectivity index (χ4n) is 3.00. The number of rotatable bonds is 6. The average Bonchev–Trinajstić information content (AvgIpc) is 3.05. The highest BCUT2D eigenvalue weighted by molar-refractivity contribution is 7.98. The first kappa shape index (κ1) is 19.5. The molecule has 0 aliphatic carbocycles. The van der Waals surface area contributed by atoms with Gasteiger partial charge >= 0.3 is 0 Å². The maximum Gasteiger partial charge on any atom is 0.266 e. The van der Waals surface area contributed by atoms with Crippen molar-refractivity contribution >= 4 is 34.3 Å². The number of ether oxygens (including phenoxy) is 1. The van der Waals surface area contributed by atoms with Gasteiger partial charge in [0.1, 0.15) is 10.9 Å². The zero-order valence-corrected chi connectivity index (χ0v) is 17.6. The second-order valence-electron chi connectivity index (χ2n) is 6.35. The van der Waals surface area contributed by atoms with E-state index in [4.69, 9.17) is 21.3 Å². The Morgan fingerprint density at radius 1 is 1.14 bits per heavy atom. The molecule has 0 saturated heterocycles. The van der Waals surface area contributed by atoms with Gasteiger partial charge in [0.05, 0.1) is 28.9 Å². The number of halogens is 1. The Bertz CT molecular complexity index is 1200. The Kier molecular flexibility index (Phi) is 5.60. The molecule has 8 heteroatoms. The summed E-state index contributed by atoms with van der Waals surface area (Å²) < 4.78 is 8.76. The number of benzene rings is 2. The summed E-state index contributed by atoms with van der Waals surface area (Å²) in [7, 11) is 1.79. The van der Waals surface area contributed by atoms with Crippen LogP contribution in [-0.4, -0.2) is 25.9 Å². The van der Waals surface area contributed by atoms with Gasteiger partial charge in [-0.15, -0.1) is 0 Å². The number of para-hydroxylation sites is 1. The second-order valence-corrected chi connectivity index (χ2v) is 7.68. The average molecular weight is 427 g/mol. The summed E-state index contributed by atoms with van der Waals surface area (Å²) in [6.45, 7) is 2.52. The lowest BCUT2D eigenvalue weighted by molar-refractivity contribution is 0.340. The van der Waals surface area contributed by atoms with Crippen LogP contribution >= 0.6 is 23.4 Å². The minimum absolute atomic E-state index is 0.110. The number of hydrogen-bond donors (Lipinski definition) is 0. The lowest BCUT2D eigenvalue weighted by atomic mass is 10.2. The molecule has 2 aromatic heterocycles. The Morgan fingerprint density at radius 2 is 1.90 bits per heavy atom. The zero-order valence-electron chi connectivity index (χ0n) is 16.0. The van der Waals surface area contributed by atoms with E-state index >= 15 is 0 Å². The summed E-state index contributed by atoms with van der Waals surface area (Å²) in [6, 6.07) is 16.6. The summed E-state index contributed by atoms with van der Waals surface area (Å²) in [5, 5.41) is 6.11. The Hall–Kier alpha value is -2.77. The zero-order chi connectivity index (χ0) is 20.4. The van der Waals surface area contributed by atoms with E-state index in [0.29, 0.717) is 33.6 Å². The van der Waals surface area contributed by atoms with Crippen molar-refractivity contribution in [3.8, 4) is 11.4 Å². The molecule has 0 saturated carbocycles. The van der Waals surface area contributed by atoms with E-state index in [1.165, 1.54) is 11.8 Å². The third-order valence-corrected chi connectivity index (χ3v) is 5.70. The smallest absolute Gasteiger partial charge is 0.266 e. The van der Waals surface area contributed by atoms with Crippen molar-refractivity contribution in [1.82, 2.24) is 19.3 Å². The third-order valence-electron chi connectivity index (χ3n) is 4.37. The van der Waals surface area contributed by atoms with Crippen molar-refractivity contribution in [1.29, 1.82) is 0 Å². The largest absolute Gasteiger partial charge is 0.494 e. The molecule has 6 nitrogen and oxygen atoms in total. The van der Waals surface area contributed by atoms with E-state index < -0.39 is 0 Å². The minimum atomic E-state index is -0.110. The summed E-state index contributed by atoms with van der Waals surface area (Å²) in [6.07, 6.45) is 0. The van der Waals surface area contributed by atoms with E-state index in [1.807, 2.05) is 55.5 Å². The highest BCUT2D eigenvalue weighted by Gasteiger charge is 2.14. The molecule has 0 fully saturated rings. The van der Waals surface area contributed by atoms with Crippen LogP contribution in [0.2, 0.25) is 5.15 Å². The van der Waals surface area contributed by atoms with Gasteiger partial charge in [0.25, 0.3) is 5.56 Å². The van der Waals surface area contributed by atoms with Crippen LogP contribution in [0.1, 0.15) is 12.6 Å². The summed E-state index contributed by atoms with van der Waals surface area (Å²) >= 11 is 7.54. The number of hydrogen-bond acceptors (Lipinski definition) is 5. The van der Waals surface area contributed by atoms with Gasteiger partial charge in [-0.25, -0.2) is 4.98 Å². The van der Waals surface area contributed by atoms with Gasteiger partial charge in [-0.3, -0.25) is 14.0 Å². The Labute approximate surface area is 177 Å². The molecular formula is C21H19ClN4O2S.